The Morgan fingerprint density at radius 1 is 1.43 bits per heavy atom. The number of hydrogen-bond acceptors (Lipinski definition) is 6. The molecule has 2 atom stereocenters. The highest BCUT2D eigenvalue weighted by Crippen LogP contribution is 2.38. The molecule has 0 aliphatic heterocycles. The van der Waals surface area contributed by atoms with Gasteiger partial charge in [-0.15, -0.1) is 32.9 Å². The van der Waals surface area contributed by atoms with Crippen molar-refractivity contribution >= 4 is 40.3 Å². The largest absolute Gasteiger partial charge is 0.355 e. The molecular weight excluding hydrogens is 432 g/mol. The average molecular weight is 461 g/mol. The fourth-order valence-electron chi connectivity index (χ4n) is 3.81. The van der Waals surface area contributed by atoms with Crippen LogP contribution in [0.5, 0.6) is 0 Å². The minimum atomic E-state index is -0.217. The van der Waals surface area contributed by atoms with Crippen molar-refractivity contribution in [3.8, 4) is 10.7 Å². The van der Waals surface area contributed by atoms with Crippen LogP contribution in [-0.2, 0) is 31.1 Å². The Balaban J connectivity index is 1.37. The summed E-state index contributed by atoms with van der Waals surface area (Å²) >= 11 is 5.04. The van der Waals surface area contributed by atoms with Crippen LogP contribution in [0.3, 0.4) is 0 Å². The number of thiophene rings is 2. The molecule has 0 aromatic carbocycles. The molecule has 1 aliphatic rings. The van der Waals surface area contributed by atoms with Crippen LogP contribution in [0.2, 0.25) is 0 Å². The number of carbonyl (C=O) groups excluding carboxylic acids is 1. The number of carbonyl (C=O) groups is 1. The van der Waals surface area contributed by atoms with E-state index in [-0.39, 0.29) is 11.2 Å². The van der Waals surface area contributed by atoms with Gasteiger partial charge in [-0.2, -0.15) is 0 Å². The zero-order valence-corrected chi connectivity index (χ0v) is 20.1. The van der Waals surface area contributed by atoms with Crippen molar-refractivity contribution in [2.45, 2.75) is 56.4 Å². The zero-order chi connectivity index (χ0) is 21.1. The van der Waals surface area contributed by atoms with Gasteiger partial charge in [0.1, 0.15) is 0 Å². The lowest BCUT2D eigenvalue weighted by molar-refractivity contribution is -0.120. The number of nitrogens with one attached hydrogen (secondary N) is 1. The number of fused-ring (bicyclic) bond motifs is 1. The minimum Gasteiger partial charge on any atom is -0.355 e. The van der Waals surface area contributed by atoms with Crippen molar-refractivity contribution in [2.75, 3.05) is 6.54 Å². The van der Waals surface area contributed by atoms with E-state index >= 15 is 0 Å². The van der Waals surface area contributed by atoms with Gasteiger partial charge in [0, 0.05) is 23.3 Å². The monoisotopic (exact) mass is 460 g/mol. The van der Waals surface area contributed by atoms with Gasteiger partial charge in [-0.05, 0) is 61.6 Å². The number of aryl methyl sites for hydroxylation is 1. The van der Waals surface area contributed by atoms with Crippen LogP contribution in [0.25, 0.3) is 10.7 Å². The Kier molecular flexibility index (Phi) is 6.95. The first-order chi connectivity index (χ1) is 14.5. The molecule has 0 saturated heterocycles. The molecule has 160 valence electrons. The molecule has 0 fully saturated rings. The fraction of sp³-hybridized carbons (Fsp3) is 0.500. The molecular formula is C22H28N4OS3. The average Bonchev–Trinajstić information content (AvgIpc) is 3.48. The molecule has 3 heterocycles. The van der Waals surface area contributed by atoms with Gasteiger partial charge >= 0.3 is 0 Å². The Morgan fingerprint density at radius 2 is 2.30 bits per heavy atom. The van der Waals surface area contributed by atoms with E-state index in [0.29, 0.717) is 6.54 Å². The summed E-state index contributed by atoms with van der Waals surface area (Å²) in [7, 11) is 1.99. The van der Waals surface area contributed by atoms with Crippen molar-refractivity contribution in [1.29, 1.82) is 0 Å². The molecule has 2 unspecified atom stereocenters. The summed E-state index contributed by atoms with van der Waals surface area (Å²) in [6, 6.07) is 6.44. The third kappa shape index (κ3) is 4.81. The molecule has 1 amide bonds. The van der Waals surface area contributed by atoms with Gasteiger partial charge in [-0.1, -0.05) is 31.2 Å². The first kappa shape index (κ1) is 21.6. The number of aromatic nitrogens is 3. The summed E-state index contributed by atoms with van der Waals surface area (Å²) in [4.78, 5) is 16.5. The third-order valence-electron chi connectivity index (χ3n) is 5.72. The Bertz CT molecular complexity index is 992. The van der Waals surface area contributed by atoms with Crippen molar-refractivity contribution < 1.29 is 4.79 Å². The predicted octanol–water partition coefficient (Wildman–Crippen LogP) is 4.96. The summed E-state index contributed by atoms with van der Waals surface area (Å²) in [5.41, 5.74) is 1.49. The van der Waals surface area contributed by atoms with Crippen molar-refractivity contribution in [3.63, 3.8) is 0 Å². The van der Waals surface area contributed by atoms with E-state index in [1.807, 2.05) is 35.9 Å². The second-order valence-electron chi connectivity index (χ2n) is 7.82. The summed E-state index contributed by atoms with van der Waals surface area (Å²) in [6.45, 7) is 4.87. The first-order valence-corrected chi connectivity index (χ1v) is 13.1. The topological polar surface area (TPSA) is 59.8 Å². The van der Waals surface area contributed by atoms with Crippen LogP contribution < -0.4 is 5.32 Å². The van der Waals surface area contributed by atoms with E-state index in [0.717, 1.165) is 23.3 Å². The smallest absolute Gasteiger partial charge is 0.233 e. The highest BCUT2D eigenvalue weighted by atomic mass is 32.2. The maximum absolute atomic E-state index is 12.5. The fourth-order valence-corrected chi connectivity index (χ4v) is 6.59. The standard InChI is InChI=1S/C22H28N4OS3/c1-4-15-7-8-18-16(12-15)13-19(30-18)20-24-25-22(26(20)3)29-14(2)21(27)23-10-9-17-6-5-11-28-17/h5-6,11,13-15H,4,7-10,12H2,1-3H3,(H,23,27). The molecule has 4 rings (SSSR count). The van der Waals surface area contributed by atoms with Gasteiger partial charge in [-0.3, -0.25) is 4.79 Å². The zero-order valence-electron chi connectivity index (χ0n) is 17.7. The molecule has 8 heteroatoms. The van der Waals surface area contributed by atoms with E-state index in [2.05, 4.69) is 40.0 Å². The number of thioether (sulfide) groups is 1. The normalized spacial score (nSPS) is 17.0. The van der Waals surface area contributed by atoms with Gasteiger partial charge in [0.25, 0.3) is 0 Å². The third-order valence-corrected chi connectivity index (χ3v) is 9.02. The number of hydrogen-bond donors (Lipinski definition) is 1. The summed E-state index contributed by atoms with van der Waals surface area (Å²) in [5.74, 6) is 1.75. The summed E-state index contributed by atoms with van der Waals surface area (Å²) < 4.78 is 2.02. The van der Waals surface area contributed by atoms with Gasteiger partial charge in [0.15, 0.2) is 11.0 Å². The van der Waals surface area contributed by atoms with E-state index in [1.165, 1.54) is 57.6 Å². The van der Waals surface area contributed by atoms with Crippen LogP contribution in [0, 0.1) is 5.92 Å². The quantitative estimate of drug-likeness (QED) is 0.483. The maximum Gasteiger partial charge on any atom is 0.233 e. The van der Waals surface area contributed by atoms with Crippen LogP contribution in [0.4, 0.5) is 0 Å². The van der Waals surface area contributed by atoms with Crippen molar-refractivity contribution in [2.24, 2.45) is 13.0 Å². The van der Waals surface area contributed by atoms with Crippen molar-refractivity contribution in [3.05, 3.63) is 38.9 Å². The lowest BCUT2D eigenvalue weighted by atomic mass is 9.87. The first-order valence-electron chi connectivity index (χ1n) is 10.5. The molecule has 0 saturated carbocycles. The van der Waals surface area contributed by atoms with Gasteiger partial charge < -0.3 is 9.88 Å². The summed E-state index contributed by atoms with van der Waals surface area (Å²) in [6.07, 6.45) is 5.78. The Labute approximate surface area is 190 Å². The number of amides is 1. The van der Waals surface area contributed by atoms with E-state index in [4.69, 9.17) is 0 Å². The Hall–Kier alpha value is -1.64. The SMILES string of the molecule is CCC1CCc2sc(-c3nnc(SC(C)C(=O)NCCc4cccs4)n3C)cc2C1. The second-order valence-corrected chi connectivity index (χ2v) is 11.3. The lowest BCUT2D eigenvalue weighted by Crippen LogP contribution is -2.32. The molecule has 1 N–H and O–H groups in total. The van der Waals surface area contributed by atoms with Crippen molar-refractivity contribution in [1.82, 2.24) is 20.1 Å². The molecule has 0 radical (unpaired) electrons. The van der Waals surface area contributed by atoms with E-state index in [9.17, 15) is 4.79 Å². The lowest BCUT2D eigenvalue weighted by Gasteiger charge is -2.19. The van der Waals surface area contributed by atoms with Crippen LogP contribution in [0.1, 0.15) is 42.0 Å². The molecule has 1 aliphatic carbocycles. The van der Waals surface area contributed by atoms with Crippen LogP contribution in [0.15, 0.2) is 28.7 Å². The molecule has 0 bridgehead atoms. The highest BCUT2D eigenvalue weighted by molar-refractivity contribution is 8.00. The second kappa shape index (κ2) is 9.66. The molecule has 3 aromatic rings. The van der Waals surface area contributed by atoms with Gasteiger partial charge in [0.2, 0.25) is 5.91 Å². The van der Waals surface area contributed by atoms with Crippen LogP contribution >= 0.6 is 34.4 Å². The Morgan fingerprint density at radius 3 is 3.07 bits per heavy atom. The predicted molar refractivity (Wildman–Crippen MR) is 126 cm³/mol. The summed E-state index contributed by atoms with van der Waals surface area (Å²) in [5, 5.41) is 14.5. The highest BCUT2D eigenvalue weighted by Gasteiger charge is 2.23. The molecule has 30 heavy (non-hydrogen) atoms. The maximum atomic E-state index is 12.5. The number of nitrogens with zero attached hydrogens (tertiary/aromatic N) is 3. The van der Waals surface area contributed by atoms with E-state index < -0.39 is 0 Å². The molecule has 5 nitrogen and oxygen atoms in total. The van der Waals surface area contributed by atoms with Crippen LogP contribution in [-0.4, -0.2) is 32.5 Å². The van der Waals surface area contributed by atoms with E-state index in [1.54, 1.807) is 11.3 Å². The molecule has 0 spiro atoms. The molecule has 3 aromatic heterocycles. The number of rotatable bonds is 8. The van der Waals surface area contributed by atoms with Gasteiger partial charge in [0.05, 0.1) is 10.1 Å². The van der Waals surface area contributed by atoms with Gasteiger partial charge in [-0.25, -0.2) is 0 Å². The minimum absolute atomic E-state index is 0.0401.